The fraction of sp³-hybridized carbons (Fsp3) is 0.647. The molecule has 3 heteroatoms. The lowest BCUT2D eigenvalue weighted by atomic mass is 9.80. The molecule has 1 heterocycles. The minimum atomic E-state index is 0.737. The Morgan fingerprint density at radius 1 is 1.20 bits per heavy atom. The van der Waals surface area contributed by atoms with Gasteiger partial charge < -0.3 is 9.47 Å². The zero-order valence-electron chi connectivity index (χ0n) is 12.8. The summed E-state index contributed by atoms with van der Waals surface area (Å²) in [6.45, 7) is 4.78. The summed E-state index contributed by atoms with van der Waals surface area (Å²) < 4.78 is 11.1. The lowest BCUT2D eigenvalue weighted by molar-refractivity contribution is 0.214. The Morgan fingerprint density at radius 2 is 2.05 bits per heavy atom. The number of ether oxygens (including phenoxy) is 2. The Morgan fingerprint density at radius 3 is 2.75 bits per heavy atom. The van der Waals surface area contributed by atoms with Crippen LogP contribution in [0.3, 0.4) is 0 Å². The third kappa shape index (κ3) is 2.18. The normalized spacial score (nSPS) is 25.1. The molecule has 0 spiro atoms. The van der Waals surface area contributed by atoms with Crippen LogP contribution in [-0.4, -0.2) is 38.3 Å². The van der Waals surface area contributed by atoms with Gasteiger partial charge in [0.1, 0.15) is 0 Å². The van der Waals surface area contributed by atoms with Crippen LogP contribution in [0.1, 0.15) is 30.9 Å². The lowest BCUT2D eigenvalue weighted by Gasteiger charge is -2.34. The summed E-state index contributed by atoms with van der Waals surface area (Å²) in [6, 6.07) is 5.02. The number of benzene rings is 1. The highest BCUT2D eigenvalue weighted by Gasteiger charge is 2.38. The van der Waals surface area contributed by atoms with Crippen molar-refractivity contribution in [3.05, 3.63) is 23.3 Å². The molecule has 1 fully saturated rings. The Bertz CT molecular complexity index is 486. The second-order valence-electron chi connectivity index (χ2n) is 6.00. The van der Waals surface area contributed by atoms with E-state index < -0.39 is 0 Å². The van der Waals surface area contributed by atoms with Crippen molar-refractivity contribution in [2.75, 3.05) is 27.3 Å². The molecule has 20 heavy (non-hydrogen) atoms. The van der Waals surface area contributed by atoms with Crippen molar-refractivity contribution in [2.24, 2.45) is 5.92 Å². The molecule has 0 N–H and O–H groups in total. The van der Waals surface area contributed by atoms with E-state index in [-0.39, 0.29) is 0 Å². The maximum atomic E-state index is 5.62. The van der Waals surface area contributed by atoms with Gasteiger partial charge in [-0.2, -0.15) is 0 Å². The van der Waals surface area contributed by atoms with Gasteiger partial charge in [0.2, 0.25) is 0 Å². The second-order valence-corrected chi connectivity index (χ2v) is 6.00. The average molecular weight is 275 g/mol. The van der Waals surface area contributed by atoms with Crippen LogP contribution in [0.4, 0.5) is 0 Å². The van der Waals surface area contributed by atoms with E-state index in [1.165, 1.54) is 43.5 Å². The summed E-state index contributed by atoms with van der Waals surface area (Å²) in [6.07, 6.45) is 4.88. The number of hydrogen-bond donors (Lipinski definition) is 0. The van der Waals surface area contributed by atoms with Crippen molar-refractivity contribution in [3.8, 4) is 11.5 Å². The third-order valence-corrected chi connectivity index (χ3v) is 4.95. The van der Waals surface area contributed by atoms with Gasteiger partial charge in [0.15, 0.2) is 11.5 Å². The van der Waals surface area contributed by atoms with Crippen LogP contribution in [0.25, 0.3) is 0 Å². The Balaban J connectivity index is 1.91. The van der Waals surface area contributed by atoms with Gasteiger partial charge in [-0.3, -0.25) is 4.90 Å². The van der Waals surface area contributed by atoms with Gasteiger partial charge in [-0.05, 0) is 56.3 Å². The number of likely N-dealkylation sites (tertiary alicyclic amines) is 1. The highest BCUT2D eigenvalue weighted by molar-refractivity contribution is 5.52. The molecule has 2 aliphatic rings. The van der Waals surface area contributed by atoms with E-state index in [2.05, 4.69) is 24.0 Å². The van der Waals surface area contributed by atoms with Gasteiger partial charge in [0, 0.05) is 11.6 Å². The summed E-state index contributed by atoms with van der Waals surface area (Å²) in [7, 11) is 3.47. The summed E-state index contributed by atoms with van der Waals surface area (Å²) in [5, 5.41) is 0. The Hall–Kier alpha value is -1.22. The molecule has 0 amide bonds. The van der Waals surface area contributed by atoms with Crippen LogP contribution >= 0.6 is 0 Å². The maximum absolute atomic E-state index is 5.62. The van der Waals surface area contributed by atoms with Crippen LogP contribution in [0, 0.1) is 5.92 Å². The molecular weight excluding hydrogens is 250 g/mol. The van der Waals surface area contributed by atoms with E-state index in [1.807, 2.05) is 0 Å². The Kier molecular flexibility index (Phi) is 3.88. The van der Waals surface area contributed by atoms with Gasteiger partial charge >= 0.3 is 0 Å². The summed E-state index contributed by atoms with van der Waals surface area (Å²) >= 11 is 0. The first kappa shape index (κ1) is 13.7. The summed E-state index contributed by atoms with van der Waals surface area (Å²) in [5.74, 6) is 2.61. The molecule has 2 atom stereocenters. The van der Waals surface area contributed by atoms with E-state index >= 15 is 0 Å². The molecule has 0 aromatic heterocycles. The van der Waals surface area contributed by atoms with Gasteiger partial charge in [0.25, 0.3) is 0 Å². The van der Waals surface area contributed by atoms with Crippen molar-refractivity contribution in [2.45, 2.75) is 38.6 Å². The van der Waals surface area contributed by atoms with Crippen molar-refractivity contribution in [1.29, 1.82) is 0 Å². The minimum Gasteiger partial charge on any atom is -0.493 e. The first-order valence-electron chi connectivity index (χ1n) is 7.75. The largest absolute Gasteiger partial charge is 0.493 e. The van der Waals surface area contributed by atoms with Crippen LogP contribution < -0.4 is 9.47 Å². The number of fused-ring (bicyclic) bond motifs is 2. The van der Waals surface area contributed by atoms with E-state index in [9.17, 15) is 0 Å². The first-order chi connectivity index (χ1) is 9.78. The van der Waals surface area contributed by atoms with Crippen molar-refractivity contribution >= 4 is 0 Å². The van der Waals surface area contributed by atoms with Crippen LogP contribution in [0.15, 0.2) is 12.1 Å². The molecule has 1 saturated heterocycles. The predicted molar refractivity (Wildman–Crippen MR) is 80.7 cm³/mol. The summed E-state index contributed by atoms with van der Waals surface area (Å²) in [4.78, 5) is 2.68. The van der Waals surface area contributed by atoms with Crippen molar-refractivity contribution in [3.63, 3.8) is 0 Å². The lowest BCUT2D eigenvalue weighted by Crippen LogP contribution is -2.38. The first-order valence-corrected chi connectivity index (χ1v) is 7.75. The van der Waals surface area contributed by atoms with Crippen molar-refractivity contribution < 1.29 is 9.47 Å². The molecule has 1 aliphatic heterocycles. The number of hydrogen-bond acceptors (Lipinski definition) is 3. The fourth-order valence-electron chi connectivity index (χ4n) is 4.02. The monoisotopic (exact) mass is 275 g/mol. The van der Waals surface area contributed by atoms with Crippen LogP contribution in [0.5, 0.6) is 11.5 Å². The minimum absolute atomic E-state index is 0.737. The summed E-state index contributed by atoms with van der Waals surface area (Å²) in [5.41, 5.74) is 2.83. The molecule has 0 bridgehead atoms. The van der Waals surface area contributed by atoms with E-state index in [1.54, 1.807) is 14.2 Å². The van der Waals surface area contributed by atoms with Crippen molar-refractivity contribution in [1.82, 2.24) is 4.90 Å². The van der Waals surface area contributed by atoms with Crippen LogP contribution in [0.2, 0.25) is 0 Å². The highest BCUT2D eigenvalue weighted by Crippen LogP contribution is 2.42. The molecule has 0 unspecified atom stereocenters. The Labute approximate surface area is 121 Å². The number of nitrogens with zero attached hydrogens (tertiary/aromatic N) is 1. The molecule has 0 radical (unpaired) electrons. The fourth-order valence-corrected chi connectivity index (χ4v) is 4.02. The van der Waals surface area contributed by atoms with Gasteiger partial charge in [-0.1, -0.05) is 13.0 Å². The number of rotatable bonds is 4. The second kappa shape index (κ2) is 5.65. The molecule has 1 aromatic carbocycles. The molecule has 0 saturated carbocycles. The van der Waals surface area contributed by atoms with E-state index in [0.717, 1.165) is 29.9 Å². The molecule has 3 nitrogen and oxygen atoms in total. The third-order valence-electron chi connectivity index (χ3n) is 4.95. The van der Waals surface area contributed by atoms with Crippen LogP contribution in [-0.2, 0) is 12.8 Å². The quantitative estimate of drug-likeness (QED) is 0.843. The van der Waals surface area contributed by atoms with Gasteiger partial charge in [0.05, 0.1) is 14.2 Å². The zero-order chi connectivity index (χ0) is 14.1. The molecule has 3 rings (SSSR count). The number of methoxy groups -OCH3 is 2. The smallest absolute Gasteiger partial charge is 0.164 e. The molecule has 1 aliphatic carbocycles. The van der Waals surface area contributed by atoms with Gasteiger partial charge in [-0.25, -0.2) is 0 Å². The zero-order valence-corrected chi connectivity index (χ0v) is 12.8. The van der Waals surface area contributed by atoms with E-state index in [4.69, 9.17) is 9.47 Å². The van der Waals surface area contributed by atoms with Gasteiger partial charge in [-0.15, -0.1) is 0 Å². The SMILES string of the molecule is CCCN1CC[C@@H]2Cc3c(ccc(OC)c3OC)C[C@H]21. The predicted octanol–water partition coefficient (Wildman–Crippen LogP) is 2.90. The highest BCUT2D eigenvalue weighted by atomic mass is 16.5. The van der Waals surface area contributed by atoms with E-state index in [0.29, 0.717) is 0 Å². The molecular formula is C17H25NO2. The maximum Gasteiger partial charge on any atom is 0.164 e. The topological polar surface area (TPSA) is 21.7 Å². The molecule has 1 aromatic rings. The standard InChI is InChI=1S/C17H25NO2/c1-4-8-18-9-7-13-10-14-12(11-15(13)18)5-6-16(19-2)17(14)20-3/h5-6,13,15H,4,7-11H2,1-3H3/t13-,15-/m1/s1. The average Bonchev–Trinajstić information content (AvgIpc) is 2.86. The molecule has 110 valence electrons.